The van der Waals surface area contributed by atoms with Crippen LogP contribution in [0.1, 0.15) is 13.3 Å². The summed E-state index contributed by atoms with van der Waals surface area (Å²) in [5, 5.41) is 13.9. The molecule has 1 unspecified atom stereocenters. The Morgan fingerprint density at radius 1 is 1.48 bits per heavy atom. The van der Waals surface area contributed by atoms with Gasteiger partial charge in [0.1, 0.15) is 17.3 Å². The molecule has 1 aliphatic rings. The fraction of sp³-hybridized carbons (Fsp3) is 0.438. The van der Waals surface area contributed by atoms with Gasteiger partial charge in [-0.1, -0.05) is 11.6 Å². The lowest BCUT2D eigenvalue weighted by molar-refractivity contribution is -0.118. The summed E-state index contributed by atoms with van der Waals surface area (Å²) in [6, 6.07) is 0. The third-order valence-corrected chi connectivity index (χ3v) is 5.91. The number of carbonyl (C=O) groups excluding carboxylic acids is 1. The van der Waals surface area contributed by atoms with Crippen molar-refractivity contribution in [3.8, 4) is 0 Å². The lowest BCUT2D eigenvalue weighted by Gasteiger charge is -2.20. The second-order valence-corrected chi connectivity index (χ2v) is 9.30. The maximum Gasteiger partial charge on any atom is 0.399 e. The van der Waals surface area contributed by atoms with Crippen molar-refractivity contribution in [1.29, 1.82) is 0 Å². The number of amides is 1. The summed E-state index contributed by atoms with van der Waals surface area (Å²) in [7, 11) is -3.51. The third kappa shape index (κ3) is 6.47. The van der Waals surface area contributed by atoms with E-state index in [-0.39, 0.29) is 29.6 Å². The quantitative estimate of drug-likeness (QED) is 0.502. The fourth-order valence-electron chi connectivity index (χ4n) is 2.64. The molecule has 0 bridgehead atoms. The Morgan fingerprint density at radius 2 is 2.14 bits per heavy atom. The van der Waals surface area contributed by atoms with E-state index in [1.165, 1.54) is 12.4 Å². The van der Waals surface area contributed by atoms with Crippen LogP contribution >= 0.6 is 11.6 Å². The Morgan fingerprint density at radius 3 is 2.69 bits per heavy atom. The zero-order valence-electron chi connectivity index (χ0n) is 15.3. The van der Waals surface area contributed by atoms with E-state index in [0.29, 0.717) is 5.06 Å². The monoisotopic (exact) mass is 458 g/mol. The summed E-state index contributed by atoms with van der Waals surface area (Å²) in [4.78, 5) is 13.7. The van der Waals surface area contributed by atoms with Crippen molar-refractivity contribution in [2.24, 2.45) is 0 Å². The second-order valence-electron chi connectivity index (χ2n) is 6.31. The molecule has 1 atom stereocenters. The standard InChI is InChI=1S/C16H19ClF4N4O3S/c1-3-24(14(26)4-5-29(2,28)10-16(19,20)21)13-9-25(22-15(13)17)12-6-11(18)7-23(27)8-12/h6,8-9,27H,2-5,7,10H2,1H3. The van der Waals surface area contributed by atoms with Gasteiger partial charge in [0.2, 0.25) is 5.91 Å². The lowest BCUT2D eigenvalue weighted by atomic mass is 10.3. The smallest absolute Gasteiger partial charge is 0.308 e. The van der Waals surface area contributed by atoms with Crippen LogP contribution < -0.4 is 4.90 Å². The number of carbonyl (C=O) groups is 1. The van der Waals surface area contributed by atoms with Gasteiger partial charge in [-0.2, -0.15) is 18.3 Å². The predicted molar refractivity (Wildman–Crippen MR) is 103 cm³/mol. The minimum Gasteiger partial charge on any atom is -0.308 e. The molecule has 13 heteroatoms. The summed E-state index contributed by atoms with van der Waals surface area (Å²) in [6.07, 6.45) is -1.45. The van der Waals surface area contributed by atoms with Crippen molar-refractivity contribution >= 4 is 44.3 Å². The minimum absolute atomic E-state index is 0.108. The van der Waals surface area contributed by atoms with Gasteiger partial charge in [0, 0.05) is 18.7 Å². The van der Waals surface area contributed by atoms with Crippen molar-refractivity contribution in [3.63, 3.8) is 0 Å². The van der Waals surface area contributed by atoms with Crippen LogP contribution in [0.2, 0.25) is 5.15 Å². The van der Waals surface area contributed by atoms with Gasteiger partial charge >= 0.3 is 6.18 Å². The third-order valence-electron chi connectivity index (χ3n) is 3.84. The number of nitrogens with zero attached hydrogens (tertiary/aromatic N) is 4. The Balaban J connectivity index is 2.18. The molecule has 0 fully saturated rings. The number of hydroxylamine groups is 2. The van der Waals surface area contributed by atoms with E-state index in [1.54, 1.807) is 6.92 Å². The number of hydrogen-bond donors (Lipinski definition) is 1. The van der Waals surface area contributed by atoms with Crippen molar-refractivity contribution in [2.45, 2.75) is 19.5 Å². The van der Waals surface area contributed by atoms with Gasteiger partial charge in [-0.05, 0) is 28.4 Å². The average molecular weight is 459 g/mol. The van der Waals surface area contributed by atoms with Crippen LogP contribution in [0.5, 0.6) is 0 Å². The lowest BCUT2D eigenvalue weighted by Crippen LogP contribution is -2.33. The number of halogens is 5. The zero-order valence-corrected chi connectivity index (χ0v) is 16.9. The number of alkyl halides is 3. The second kappa shape index (κ2) is 8.76. The fourth-order valence-corrected chi connectivity index (χ4v) is 4.16. The molecule has 0 aliphatic carbocycles. The van der Waals surface area contributed by atoms with Crippen LogP contribution in [0.15, 0.2) is 24.3 Å². The van der Waals surface area contributed by atoms with E-state index in [9.17, 15) is 31.8 Å². The summed E-state index contributed by atoms with van der Waals surface area (Å²) in [5.41, 5.74) is 0.272. The van der Waals surface area contributed by atoms with Crippen LogP contribution in [0.25, 0.3) is 5.70 Å². The molecule has 1 aromatic heterocycles. The van der Waals surface area contributed by atoms with E-state index in [2.05, 4.69) is 11.0 Å². The summed E-state index contributed by atoms with van der Waals surface area (Å²) < 4.78 is 64.0. The minimum atomic E-state index is -4.64. The zero-order chi connectivity index (χ0) is 22.0. The van der Waals surface area contributed by atoms with Crippen molar-refractivity contribution in [1.82, 2.24) is 14.8 Å². The Labute approximate surface area is 169 Å². The molecular formula is C16H19ClF4N4O3S. The molecule has 1 amide bonds. The molecule has 0 radical (unpaired) electrons. The molecule has 0 aromatic carbocycles. The molecule has 1 N–H and O–H groups in total. The molecule has 7 nitrogen and oxygen atoms in total. The highest BCUT2D eigenvalue weighted by atomic mass is 35.5. The molecule has 29 heavy (non-hydrogen) atoms. The number of hydrogen-bond acceptors (Lipinski definition) is 5. The summed E-state index contributed by atoms with van der Waals surface area (Å²) in [6.45, 7) is 1.39. The van der Waals surface area contributed by atoms with Crippen molar-refractivity contribution < 1.29 is 31.8 Å². The molecule has 2 heterocycles. The summed E-state index contributed by atoms with van der Waals surface area (Å²) >= 11 is 6.07. The normalized spacial score (nSPS) is 16.9. The number of anilines is 1. The van der Waals surface area contributed by atoms with Crippen LogP contribution in [0.3, 0.4) is 0 Å². The van der Waals surface area contributed by atoms with E-state index in [4.69, 9.17) is 11.6 Å². The number of aromatic nitrogens is 2. The predicted octanol–water partition coefficient (Wildman–Crippen LogP) is 2.91. The van der Waals surface area contributed by atoms with Crippen molar-refractivity contribution in [2.75, 3.05) is 29.5 Å². The number of rotatable bonds is 7. The Bertz CT molecular complexity index is 940. The molecule has 0 saturated carbocycles. The van der Waals surface area contributed by atoms with E-state index in [1.807, 2.05) is 0 Å². The number of allylic oxidation sites excluding steroid dienone is 2. The first-order chi connectivity index (χ1) is 13.3. The highest BCUT2D eigenvalue weighted by Gasteiger charge is 2.32. The average Bonchev–Trinajstić information content (AvgIpc) is 2.93. The molecular weight excluding hydrogens is 440 g/mol. The molecule has 1 aromatic rings. The topological polar surface area (TPSA) is 78.7 Å². The van der Waals surface area contributed by atoms with Gasteiger partial charge in [0.15, 0.2) is 5.15 Å². The van der Waals surface area contributed by atoms with E-state index >= 15 is 0 Å². The molecule has 0 saturated heterocycles. The van der Waals surface area contributed by atoms with Gasteiger partial charge < -0.3 is 4.90 Å². The summed E-state index contributed by atoms with van der Waals surface area (Å²) in [5.74, 6) is -0.248. The highest BCUT2D eigenvalue weighted by molar-refractivity contribution is 8.00. The first-order valence-corrected chi connectivity index (χ1v) is 10.7. The van der Waals surface area contributed by atoms with Gasteiger partial charge in [-0.3, -0.25) is 19.3 Å². The van der Waals surface area contributed by atoms with Gasteiger partial charge in [-0.15, -0.1) is 0 Å². The van der Waals surface area contributed by atoms with Crippen LogP contribution in [-0.4, -0.2) is 66.8 Å². The van der Waals surface area contributed by atoms with Gasteiger partial charge in [0.05, 0.1) is 24.6 Å². The molecule has 162 valence electrons. The van der Waals surface area contributed by atoms with E-state index < -0.39 is 45.4 Å². The molecule has 0 spiro atoms. The molecule has 2 rings (SSSR count). The maximum atomic E-state index is 13.5. The van der Waals surface area contributed by atoms with Crippen LogP contribution in [0, 0.1) is 0 Å². The molecule has 1 aliphatic heterocycles. The van der Waals surface area contributed by atoms with Crippen LogP contribution in [-0.2, 0) is 14.3 Å². The Kier molecular flexibility index (Phi) is 7.01. The largest absolute Gasteiger partial charge is 0.399 e. The first kappa shape index (κ1) is 23.2. The van der Waals surface area contributed by atoms with Crippen LogP contribution in [0.4, 0.5) is 23.2 Å². The maximum absolute atomic E-state index is 13.5. The van der Waals surface area contributed by atoms with Gasteiger partial charge in [0.25, 0.3) is 0 Å². The van der Waals surface area contributed by atoms with Crippen molar-refractivity contribution in [3.05, 3.63) is 29.5 Å². The van der Waals surface area contributed by atoms with E-state index in [0.717, 1.165) is 15.7 Å². The first-order valence-electron chi connectivity index (χ1n) is 8.30. The highest BCUT2D eigenvalue weighted by Crippen LogP contribution is 2.28. The van der Waals surface area contributed by atoms with Gasteiger partial charge in [-0.25, -0.2) is 9.07 Å². The SMILES string of the molecule is C=S(=O)(CCC(=O)N(CC)c1cn(C2=CN(O)CC(F)=C2)nc1Cl)CC(F)(F)F. The Hall–Kier alpha value is -2.05.